The maximum absolute atomic E-state index is 11.1. The number of piperidine rings is 1. The van der Waals surface area contributed by atoms with Gasteiger partial charge in [0.1, 0.15) is 0 Å². The molecule has 2 atom stereocenters. The minimum Gasteiger partial charge on any atom is -0.481 e. The van der Waals surface area contributed by atoms with Crippen LogP contribution in [0, 0.1) is 5.41 Å². The van der Waals surface area contributed by atoms with Gasteiger partial charge < -0.3 is 5.11 Å². The summed E-state index contributed by atoms with van der Waals surface area (Å²) in [5, 5.41) is 9.94. The molecule has 16 heavy (non-hydrogen) atoms. The number of thioether (sulfide) groups is 1. The Labute approximate surface area is 102 Å². The lowest BCUT2D eigenvalue weighted by atomic mass is 9.80. The zero-order chi connectivity index (χ0) is 11.8. The van der Waals surface area contributed by atoms with E-state index >= 15 is 0 Å². The number of rotatable bonds is 2. The average Bonchev–Trinajstić information content (AvgIpc) is 2.66. The molecule has 0 saturated carbocycles. The van der Waals surface area contributed by atoms with Crippen LogP contribution in [0.15, 0.2) is 0 Å². The number of hydrogen-bond donors (Lipinski definition) is 1. The molecule has 2 heterocycles. The SMILES string of the molecule is CC1CC(N2CCC(C)(C(=O)O)CC2)CS1. The standard InChI is InChI=1S/C12H21NO2S/c1-9-7-10(8-16-9)13-5-3-12(2,4-6-13)11(14)15/h9-10H,3-8H2,1-2H3,(H,14,15). The van der Waals surface area contributed by atoms with Crippen LogP contribution in [0.2, 0.25) is 0 Å². The second-order valence-electron chi connectivity index (χ2n) is 5.44. The summed E-state index contributed by atoms with van der Waals surface area (Å²) < 4.78 is 0. The number of aliphatic carboxylic acids is 1. The Balaban J connectivity index is 1.88. The zero-order valence-electron chi connectivity index (χ0n) is 10.1. The predicted octanol–water partition coefficient (Wildman–Crippen LogP) is 2.07. The predicted molar refractivity (Wildman–Crippen MR) is 66.9 cm³/mol. The molecule has 2 saturated heterocycles. The van der Waals surface area contributed by atoms with E-state index in [2.05, 4.69) is 11.8 Å². The summed E-state index contributed by atoms with van der Waals surface area (Å²) in [5.41, 5.74) is -0.478. The third-order valence-electron chi connectivity index (χ3n) is 4.11. The molecule has 2 fully saturated rings. The minimum absolute atomic E-state index is 0.478. The molecule has 2 rings (SSSR count). The average molecular weight is 243 g/mol. The van der Waals surface area contributed by atoms with Crippen molar-refractivity contribution in [3.05, 3.63) is 0 Å². The van der Waals surface area contributed by atoms with Crippen molar-refractivity contribution in [2.45, 2.75) is 44.4 Å². The van der Waals surface area contributed by atoms with Gasteiger partial charge in [0.15, 0.2) is 0 Å². The highest BCUT2D eigenvalue weighted by molar-refractivity contribution is 8.00. The fraction of sp³-hybridized carbons (Fsp3) is 0.917. The Hall–Kier alpha value is -0.220. The van der Waals surface area contributed by atoms with Gasteiger partial charge in [-0.05, 0) is 39.3 Å². The van der Waals surface area contributed by atoms with Crippen LogP contribution in [0.25, 0.3) is 0 Å². The lowest BCUT2D eigenvalue weighted by Crippen LogP contribution is -2.47. The number of likely N-dealkylation sites (tertiary alicyclic amines) is 1. The second kappa shape index (κ2) is 4.57. The molecule has 0 radical (unpaired) electrons. The van der Waals surface area contributed by atoms with E-state index in [9.17, 15) is 4.79 Å². The number of nitrogens with zero attached hydrogens (tertiary/aromatic N) is 1. The summed E-state index contributed by atoms with van der Waals surface area (Å²) >= 11 is 2.05. The first-order valence-electron chi connectivity index (χ1n) is 6.10. The van der Waals surface area contributed by atoms with Gasteiger partial charge >= 0.3 is 5.97 Å². The molecule has 3 nitrogen and oxygen atoms in total. The summed E-state index contributed by atoms with van der Waals surface area (Å²) in [7, 11) is 0. The van der Waals surface area contributed by atoms with Gasteiger partial charge in [0.2, 0.25) is 0 Å². The monoisotopic (exact) mass is 243 g/mol. The molecule has 0 aromatic rings. The molecule has 0 bridgehead atoms. The molecule has 2 unspecified atom stereocenters. The largest absolute Gasteiger partial charge is 0.481 e. The maximum atomic E-state index is 11.1. The van der Waals surface area contributed by atoms with Gasteiger partial charge in [-0.15, -0.1) is 0 Å². The van der Waals surface area contributed by atoms with Gasteiger partial charge in [0.25, 0.3) is 0 Å². The van der Waals surface area contributed by atoms with Crippen molar-refractivity contribution < 1.29 is 9.90 Å². The Kier molecular flexibility index (Phi) is 3.50. The smallest absolute Gasteiger partial charge is 0.309 e. The molecule has 0 aliphatic carbocycles. The summed E-state index contributed by atoms with van der Waals surface area (Å²) in [4.78, 5) is 13.6. The number of carbonyl (C=O) groups is 1. The minimum atomic E-state index is -0.624. The van der Waals surface area contributed by atoms with Crippen LogP contribution in [0.5, 0.6) is 0 Å². The molecular weight excluding hydrogens is 222 g/mol. The highest BCUT2D eigenvalue weighted by atomic mass is 32.2. The van der Waals surface area contributed by atoms with E-state index in [-0.39, 0.29) is 0 Å². The summed E-state index contributed by atoms with van der Waals surface area (Å²) in [6.45, 7) is 6.09. The van der Waals surface area contributed by atoms with Crippen molar-refractivity contribution in [1.82, 2.24) is 4.90 Å². The molecule has 2 aliphatic heterocycles. The summed E-state index contributed by atoms with van der Waals surface area (Å²) in [5.74, 6) is 0.603. The normalized spacial score (nSPS) is 35.1. The van der Waals surface area contributed by atoms with Gasteiger partial charge in [0.05, 0.1) is 5.41 Å². The maximum Gasteiger partial charge on any atom is 0.309 e. The van der Waals surface area contributed by atoms with Gasteiger partial charge in [-0.25, -0.2) is 0 Å². The van der Waals surface area contributed by atoms with Crippen molar-refractivity contribution >= 4 is 17.7 Å². The molecule has 0 aromatic carbocycles. The van der Waals surface area contributed by atoms with Crippen molar-refractivity contribution in [3.8, 4) is 0 Å². The molecule has 4 heteroatoms. The molecule has 0 aromatic heterocycles. The topological polar surface area (TPSA) is 40.5 Å². The number of carboxylic acids is 1. The van der Waals surface area contributed by atoms with Crippen LogP contribution in [0.1, 0.15) is 33.1 Å². The molecule has 92 valence electrons. The van der Waals surface area contributed by atoms with Crippen molar-refractivity contribution in [2.75, 3.05) is 18.8 Å². The number of hydrogen-bond acceptors (Lipinski definition) is 3. The van der Waals surface area contributed by atoms with Gasteiger partial charge in [-0.1, -0.05) is 6.92 Å². The number of carboxylic acid groups (broad SMARTS) is 1. The van der Waals surface area contributed by atoms with Crippen molar-refractivity contribution in [2.24, 2.45) is 5.41 Å². The molecule has 0 spiro atoms. The molecule has 2 aliphatic rings. The molecular formula is C12H21NO2S. The van der Waals surface area contributed by atoms with Crippen molar-refractivity contribution in [3.63, 3.8) is 0 Å². The summed E-state index contributed by atoms with van der Waals surface area (Å²) in [6.07, 6.45) is 2.88. The van der Waals surface area contributed by atoms with Crippen LogP contribution < -0.4 is 0 Å². The quantitative estimate of drug-likeness (QED) is 0.806. The Morgan fingerprint density at radius 1 is 1.44 bits per heavy atom. The first-order valence-corrected chi connectivity index (χ1v) is 7.15. The van der Waals surface area contributed by atoms with E-state index in [0.717, 1.165) is 31.2 Å². The first kappa shape index (κ1) is 12.2. The third kappa shape index (κ3) is 2.38. The van der Waals surface area contributed by atoms with Crippen LogP contribution in [-0.4, -0.2) is 46.1 Å². The fourth-order valence-corrected chi connectivity index (χ4v) is 3.90. The Bertz CT molecular complexity index is 274. The van der Waals surface area contributed by atoms with E-state index in [0.29, 0.717) is 6.04 Å². The van der Waals surface area contributed by atoms with E-state index in [1.54, 1.807) is 0 Å². The highest BCUT2D eigenvalue weighted by Crippen LogP contribution is 2.36. The van der Waals surface area contributed by atoms with Gasteiger partial charge in [0, 0.05) is 17.0 Å². The second-order valence-corrected chi connectivity index (χ2v) is 6.91. The van der Waals surface area contributed by atoms with E-state index in [4.69, 9.17) is 5.11 Å². The Morgan fingerprint density at radius 3 is 2.50 bits per heavy atom. The molecule has 1 N–H and O–H groups in total. The lowest BCUT2D eigenvalue weighted by Gasteiger charge is -2.39. The van der Waals surface area contributed by atoms with Crippen LogP contribution in [0.4, 0.5) is 0 Å². The highest BCUT2D eigenvalue weighted by Gasteiger charge is 2.39. The van der Waals surface area contributed by atoms with E-state index in [1.807, 2.05) is 18.7 Å². The van der Waals surface area contributed by atoms with Crippen molar-refractivity contribution in [1.29, 1.82) is 0 Å². The van der Waals surface area contributed by atoms with Gasteiger partial charge in [-0.3, -0.25) is 9.69 Å². The van der Waals surface area contributed by atoms with E-state index in [1.165, 1.54) is 12.2 Å². The van der Waals surface area contributed by atoms with Crippen LogP contribution in [0.3, 0.4) is 0 Å². The third-order valence-corrected chi connectivity index (χ3v) is 5.45. The first-order chi connectivity index (χ1) is 7.51. The lowest BCUT2D eigenvalue weighted by molar-refractivity contribution is -0.151. The van der Waals surface area contributed by atoms with E-state index < -0.39 is 11.4 Å². The zero-order valence-corrected chi connectivity index (χ0v) is 10.9. The molecule has 0 amide bonds. The summed E-state index contributed by atoms with van der Waals surface area (Å²) in [6, 6.07) is 0.693. The fourth-order valence-electron chi connectivity index (χ4n) is 2.65. The van der Waals surface area contributed by atoms with Crippen LogP contribution >= 0.6 is 11.8 Å². The Morgan fingerprint density at radius 2 is 2.06 bits per heavy atom. The van der Waals surface area contributed by atoms with Crippen LogP contribution in [-0.2, 0) is 4.79 Å². The van der Waals surface area contributed by atoms with Gasteiger partial charge in [-0.2, -0.15) is 11.8 Å².